The summed E-state index contributed by atoms with van der Waals surface area (Å²) in [5.41, 5.74) is 1.08. The van der Waals surface area contributed by atoms with Crippen molar-refractivity contribution in [1.29, 1.82) is 0 Å². The third-order valence-corrected chi connectivity index (χ3v) is 4.18. The van der Waals surface area contributed by atoms with Crippen LogP contribution in [0, 0.1) is 0 Å². The number of ether oxygens (including phenoxy) is 2. The average molecular weight is 286 g/mol. The van der Waals surface area contributed by atoms with Crippen LogP contribution in [0.5, 0.6) is 17.2 Å². The molecular formula is C16H14O3S. The first-order valence-corrected chi connectivity index (χ1v) is 7.11. The molecule has 0 radical (unpaired) electrons. The lowest BCUT2D eigenvalue weighted by Gasteiger charge is -2.06. The molecule has 2 aromatic carbocycles. The van der Waals surface area contributed by atoms with Gasteiger partial charge in [-0.3, -0.25) is 0 Å². The Hall–Kier alpha value is -2.20. The van der Waals surface area contributed by atoms with Crippen molar-refractivity contribution in [2.45, 2.75) is 6.61 Å². The van der Waals surface area contributed by atoms with Gasteiger partial charge in [-0.05, 0) is 35.7 Å². The van der Waals surface area contributed by atoms with Gasteiger partial charge >= 0.3 is 0 Å². The van der Waals surface area contributed by atoms with Crippen LogP contribution in [-0.4, -0.2) is 12.2 Å². The maximum Gasteiger partial charge on any atom is 0.133 e. The molecule has 0 aliphatic carbocycles. The van der Waals surface area contributed by atoms with E-state index in [0.717, 1.165) is 27.1 Å². The Morgan fingerprint density at radius 1 is 1.05 bits per heavy atom. The van der Waals surface area contributed by atoms with Crippen molar-refractivity contribution >= 4 is 21.4 Å². The van der Waals surface area contributed by atoms with Crippen LogP contribution in [0.2, 0.25) is 0 Å². The fraction of sp³-hybridized carbons (Fsp3) is 0.125. The van der Waals surface area contributed by atoms with E-state index in [0.29, 0.717) is 12.4 Å². The van der Waals surface area contributed by atoms with Gasteiger partial charge in [0.2, 0.25) is 0 Å². The Morgan fingerprint density at radius 3 is 2.55 bits per heavy atom. The van der Waals surface area contributed by atoms with E-state index in [-0.39, 0.29) is 0 Å². The number of thiophene rings is 1. The van der Waals surface area contributed by atoms with Crippen LogP contribution < -0.4 is 9.47 Å². The molecule has 20 heavy (non-hydrogen) atoms. The minimum atomic E-state index is 0.322. The van der Waals surface area contributed by atoms with Gasteiger partial charge in [0.15, 0.2) is 0 Å². The molecule has 3 rings (SSSR count). The fourth-order valence-electron chi connectivity index (χ4n) is 2.04. The fourth-order valence-corrected chi connectivity index (χ4v) is 3.01. The van der Waals surface area contributed by atoms with Crippen molar-refractivity contribution in [3.05, 3.63) is 53.4 Å². The number of phenols is 1. The lowest BCUT2D eigenvalue weighted by molar-refractivity contribution is 0.307. The summed E-state index contributed by atoms with van der Waals surface area (Å²) >= 11 is 1.53. The van der Waals surface area contributed by atoms with Gasteiger partial charge < -0.3 is 14.6 Å². The molecule has 4 heteroatoms. The zero-order chi connectivity index (χ0) is 13.9. The summed E-state index contributed by atoms with van der Waals surface area (Å²) in [7, 11) is 1.64. The Labute approximate surface area is 121 Å². The van der Waals surface area contributed by atoms with Gasteiger partial charge in [0.1, 0.15) is 23.9 Å². The highest BCUT2D eigenvalue weighted by atomic mass is 32.1. The van der Waals surface area contributed by atoms with Crippen molar-refractivity contribution in [2.75, 3.05) is 7.11 Å². The second-order valence-corrected chi connectivity index (χ2v) is 5.26. The molecule has 0 aliphatic heterocycles. The summed E-state index contributed by atoms with van der Waals surface area (Å²) in [6.45, 7) is 0.482. The molecule has 0 unspecified atom stereocenters. The van der Waals surface area contributed by atoms with Crippen molar-refractivity contribution in [3.63, 3.8) is 0 Å². The average Bonchev–Trinajstić information content (AvgIpc) is 2.90. The predicted molar refractivity (Wildman–Crippen MR) is 80.8 cm³/mol. The first-order chi connectivity index (χ1) is 9.78. The van der Waals surface area contributed by atoms with Crippen LogP contribution in [0.25, 0.3) is 10.1 Å². The largest absolute Gasteiger partial charge is 0.506 e. The monoisotopic (exact) mass is 286 g/mol. The first-order valence-electron chi connectivity index (χ1n) is 6.23. The maximum atomic E-state index is 9.78. The molecule has 0 spiro atoms. The number of hydrogen-bond acceptors (Lipinski definition) is 4. The minimum absolute atomic E-state index is 0.322. The first kappa shape index (κ1) is 12.8. The number of methoxy groups -OCH3 is 1. The number of benzene rings is 2. The van der Waals surface area contributed by atoms with Crippen LogP contribution in [0.15, 0.2) is 47.8 Å². The smallest absolute Gasteiger partial charge is 0.133 e. The predicted octanol–water partition coefficient (Wildman–Crippen LogP) is 4.19. The third-order valence-electron chi connectivity index (χ3n) is 3.11. The van der Waals surface area contributed by atoms with Crippen molar-refractivity contribution in [3.8, 4) is 17.2 Å². The summed E-state index contributed by atoms with van der Waals surface area (Å²) in [5.74, 6) is 1.93. The molecule has 0 saturated carbocycles. The molecule has 1 N–H and O–H groups in total. The second kappa shape index (κ2) is 5.43. The Morgan fingerprint density at radius 2 is 1.80 bits per heavy atom. The van der Waals surface area contributed by atoms with E-state index in [9.17, 15) is 5.11 Å². The summed E-state index contributed by atoms with van der Waals surface area (Å²) in [6.07, 6.45) is 0. The van der Waals surface area contributed by atoms with Gasteiger partial charge in [0.25, 0.3) is 0 Å². The lowest BCUT2D eigenvalue weighted by atomic mass is 10.2. The highest BCUT2D eigenvalue weighted by molar-refractivity contribution is 7.17. The zero-order valence-electron chi connectivity index (χ0n) is 11.0. The van der Waals surface area contributed by atoms with Crippen LogP contribution in [0.4, 0.5) is 0 Å². The highest BCUT2D eigenvalue weighted by Crippen LogP contribution is 2.33. The molecule has 3 aromatic rings. The summed E-state index contributed by atoms with van der Waals surface area (Å²) in [6, 6.07) is 13.0. The Kier molecular flexibility index (Phi) is 3.48. The molecule has 0 atom stereocenters. The number of fused-ring (bicyclic) bond motifs is 1. The van der Waals surface area contributed by atoms with E-state index in [4.69, 9.17) is 9.47 Å². The summed E-state index contributed by atoms with van der Waals surface area (Å²) < 4.78 is 11.8. The van der Waals surface area contributed by atoms with Gasteiger partial charge in [-0.15, -0.1) is 11.3 Å². The van der Waals surface area contributed by atoms with Crippen LogP contribution in [0.3, 0.4) is 0 Å². The van der Waals surface area contributed by atoms with Crippen molar-refractivity contribution in [1.82, 2.24) is 0 Å². The SMILES string of the molecule is COc1ccc(OCc2csc3c(O)cccc23)cc1. The van der Waals surface area contributed by atoms with Crippen LogP contribution >= 0.6 is 11.3 Å². The highest BCUT2D eigenvalue weighted by Gasteiger charge is 2.07. The van der Waals surface area contributed by atoms with Gasteiger partial charge in [0, 0.05) is 10.9 Å². The molecule has 0 bridgehead atoms. The second-order valence-electron chi connectivity index (χ2n) is 4.38. The minimum Gasteiger partial charge on any atom is -0.506 e. The van der Waals surface area contributed by atoms with Gasteiger partial charge in [-0.2, -0.15) is 0 Å². The molecule has 0 amide bonds. The van der Waals surface area contributed by atoms with E-state index < -0.39 is 0 Å². The molecule has 1 aromatic heterocycles. The number of aromatic hydroxyl groups is 1. The Balaban J connectivity index is 1.78. The van der Waals surface area contributed by atoms with Gasteiger partial charge in [-0.25, -0.2) is 0 Å². The number of hydrogen-bond donors (Lipinski definition) is 1. The lowest BCUT2D eigenvalue weighted by Crippen LogP contribution is -1.94. The number of phenolic OH excluding ortho intramolecular Hbond substituents is 1. The third kappa shape index (κ3) is 2.42. The van der Waals surface area contributed by atoms with E-state index in [1.807, 2.05) is 41.8 Å². The molecule has 3 nitrogen and oxygen atoms in total. The maximum absolute atomic E-state index is 9.78. The van der Waals surface area contributed by atoms with Crippen molar-refractivity contribution < 1.29 is 14.6 Å². The molecular weight excluding hydrogens is 272 g/mol. The van der Waals surface area contributed by atoms with Crippen LogP contribution in [0.1, 0.15) is 5.56 Å². The van der Waals surface area contributed by atoms with Gasteiger partial charge in [-0.1, -0.05) is 12.1 Å². The van der Waals surface area contributed by atoms with Gasteiger partial charge in [0.05, 0.1) is 11.8 Å². The summed E-state index contributed by atoms with van der Waals surface area (Å²) in [4.78, 5) is 0. The molecule has 1 heterocycles. The molecule has 0 aliphatic rings. The Bertz CT molecular complexity index is 716. The number of rotatable bonds is 4. The zero-order valence-corrected chi connectivity index (χ0v) is 11.8. The topological polar surface area (TPSA) is 38.7 Å². The quantitative estimate of drug-likeness (QED) is 0.781. The summed E-state index contributed by atoms with van der Waals surface area (Å²) in [5, 5.41) is 12.8. The molecule has 0 saturated heterocycles. The van der Waals surface area contributed by atoms with Crippen LogP contribution in [-0.2, 0) is 6.61 Å². The molecule has 102 valence electrons. The normalized spacial score (nSPS) is 10.7. The van der Waals surface area contributed by atoms with E-state index in [1.54, 1.807) is 13.2 Å². The van der Waals surface area contributed by atoms with E-state index in [2.05, 4.69) is 0 Å². The molecule has 0 fully saturated rings. The van der Waals surface area contributed by atoms with E-state index >= 15 is 0 Å². The van der Waals surface area contributed by atoms with Crippen molar-refractivity contribution in [2.24, 2.45) is 0 Å². The van der Waals surface area contributed by atoms with E-state index in [1.165, 1.54) is 11.3 Å². The standard InChI is InChI=1S/C16H14O3S/c1-18-12-5-7-13(8-6-12)19-9-11-10-20-16-14(11)3-2-4-15(16)17/h2-8,10,17H,9H2,1H3.